The summed E-state index contributed by atoms with van der Waals surface area (Å²) in [5.41, 5.74) is -2.67. The molecule has 2 amide bonds. The minimum absolute atomic E-state index is 0.0107. The molecule has 0 unspecified atom stereocenters. The fraction of sp³-hybridized carbons (Fsp3) is 0.316. The molecule has 3 rings (SSSR count). The van der Waals surface area contributed by atoms with Crippen LogP contribution in [0.5, 0.6) is 0 Å². The van der Waals surface area contributed by atoms with Crippen molar-refractivity contribution in [1.82, 2.24) is 4.90 Å². The lowest BCUT2D eigenvalue weighted by Gasteiger charge is -2.18. The summed E-state index contributed by atoms with van der Waals surface area (Å²) < 4.78 is 78.3. The number of alkyl halides is 6. The summed E-state index contributed by atoms with van der Waals surface area (Å²) in [4.78, 5) is 26.5. The number of carbonyl (C=O) groups excluding carboxylic acids is 2. The van der Waals surface area contributed by atoms with Gasteiger partial charge >= 0.3 is 12.4 Å². The third-order valence-corrected chi connectivity index (χ3v) is 4.97. The highest BCUT2D eigenvalue weighted by Gasteiger charge is 2.45. The topological polar surface area (TPSA) is 73.5 Å². The number of hydrogen-bond donors (Lipinski definition) is 2. The number of carbonyl (C=O) groups is 2. The minimum Gasteiger partial charge on any atom is -0.344 e. The highest BCUT2D eigenvalue weighted by molar-refractivity contribution is 6.08. The van der Waals surface area contributed by atoms with Crippen molar-refractivity contribution < 1.29 is 45.9 Å². The van der Waals surface area contributed by atoms with Gasteiger partial charge in [0.25, 0.3) is 0 Å². The Morgan fingerprint density at radius 3 is 2.26 bits per heavy atom. The molecule has 31 heavy (non-hydrogen) atoms. The number of likely N-dealkylation sites (N-methyl/N-ethyl adjacent to an activating group) is 1. The second-order valence-electron chi connectivity index (χ2n) is 7.06. The fourth-order valence-corrected chi connectivity index (χ4v) is 3.45. The number of anilines is 1. The highest BCUT2D eigenvalue weighted by Crippen LogP contribution is 2.38. The van der Waals surface area contributed by atoms with Gasteiger partial charge in [-0.1, -0.05) is 12.1 Å². The molecule has 6 nitrogen and oxygen atoms in total. The molecule has 1 fully saturated rings. The molecule has 2 N–H and O–H groups in total. The van der Waals surface area contributed by atoms with Crippen LogP contribution in [0.15, 0.2) is 42.7 Å². The molecule has 2 aromatic rings. The molecule has 0 aliphatic carbocycles. The number of rotatable bonds is 3. The number of pyridine rings is 1. The van der Waals surface area contributed by atoms with Gasteiger partial charge in [0.1, 0.15) is 11.6 Å². The van der Waals surface area contributed by atoms with Crippen molar-refractivity contribution in [3.8, 4) is 0 Å². The lowest BCUT2D eigenvalue weighted by Crippen LogP contribution is -2.35. The number of nitrogens with zero attached hydrogens (tertiary/aromatic N) is 2. The molecule has 1 saturated heterocycles. The van der Waals surface area contributed by atoms with Crippen LogP contribution in [0.1, 0.15) is 22.6 Å². The van der Waals surface area contributed by atoms with E-state index in [1.807, 2.05) is 5.32 Å². The first-order chi connectivity index (χ1) is 14.3. The molecule has 1 aliphatic heterocycles. The monoisotopic (exact) mass is 448 g/mol. The first-order valence-electron chi connectivity index (χ1n) is 8.84. The molecule has 2 atom stereocenters. The second-order valence-corrected chi connectivity index (χ2v) is 7.06. The number of hydrogen-bond acceptors (Lipinski definition) is 3. The van der Waals surface area contributed by atoms with Gasteiger partial charge in [-0.15, -0.1) is 0 Å². The predicted molar refractivity (Wildman–Crippen MR) is 92.8 cm³/mol. The summed E-state index contributed by atoms with van der Waals surface area (Å²) in [6, 6.07) is 4.42. The van der Waals surface area contributed by atoms with E-state index >= 15 is 0 Å². The Morgan fingerprint density at radius 1 is 1.10 bits per heavy atom. The molecule has 0 bridgehead atoms. The van der Waals surface area contributed by atoms with E-state index in [1.165, 1.54) is 11.9 Å². The van der Waals surface area contributed by atoms with E-state index in [2.05, 4.69) is 0 Å². The van der Waals surface area contributed by atoms with Crippen LogP contribution in [0.4, 0.5) is 32.0 Å². The van der Waals surface area contributed by atoms with Crippen LogP contribution in [0.2, 0.25) is 0 Å². The Morgan fingerprint density at radius 2 is 1.71 bits per heavy atom. The van der Waals surface area contributed by atoms with E-state index < -0.39 is 52.8 Å². The van der Waals surface area contributed by atoms with Crippen LogP contribution < -0.4 is 10.0 Å². The van der Waals surface area contributed by atoms with Crippen molar-refractivity contribution in [3.05, 3.63) is 59.4 Å². The van der Waals surface area contributed by atoms with Gasteiger partial charge in [0.05, 0.1) is 11.1 Å². The Hall–Kier alpha value is -3.31. The number of nitrogens with one attached hydrogen (secondary N) is 1. The zero-order valence-electron chi connectivity index (χ0n) is 15.8. The van der Waals surface area contributed by atoms with E-state index in [9.17, 15) is 41.1 Å². The van der Waals surface area contributed by atoms with E-state index in [1.54, 1.807) is 0 Å². The molecule has 1 aromatic carbocycles. The number of benzene rings is 1. The van der Waals surface area contributed by atoms with Crippen LogP contribution in [0, 0.1) is 5.92 Å². The van der Waals surface area contributed by atoms with Gasteiger partial charge in [-0.3, -0.25) is 14.8 Å². The van der Waals surface area contributed by atoms with Crippen molar-refractivity contribution in [1.29, 1.82) is 0 Å². The predicted octanol–water partition coefficient (Wildman–Crippen LogP) is 3.06. The Balaban J connectivity index is 1.92. The highest BCUT2D eigenvalue weighted by atomic mass is 19.4. The number of halogens is 6. The van der Waals surface area contributed by atoms with Gasteiger partial charge in [0.15, 0.2) is 0 Å². The number of aromatic nitrogens is 1. The van der Waals surface area contributed by atoms with Gasteiger partial charge in [0, 0.05) is 30.3 Å². The van der Waals surface area contributed by atoms with Gasteiger partial charge in [-0.25, -0.2) is 0 Å². The summed E-state index contributed by atoms with van der Waals surface area (Å²) in [5.74, 6) is -4.10. The fourth-order valence-electron chi connectivity index (χ4n) is 3.45. The largest absolute Gasteiger partial charge is 0.418 e. The lowest BCUT2D eigenvalue weighted by atomic mass is 9.87. The normalized spacial score (nSPS) is 19.6. The molecule has 0 spiro atoms. The molecule has 2 heterocycles. The summed E-state index contributed by atoms with van der Waals surface area (Å²) in [5, 5.41) is 11.4. The first kappa shape index (κ1) is 22.4. The van der Waals surface area contributed by atoms with Crippen LogP contribution in [0.3, 0.4) is 0 Å². The average molecular weight is 448 g/mol. The summed E-state index contributed by atoms with van der Waals surface area (Å²) in [6.07, 6.45) is -8.08. The van der Waals surface area contributed by atoms with E-state index in [0.29, 0.717) is 17.0 Å². The van der Waals surface area contributed by atoms with E-state index in [-0.39, 0.29) is 12.1 Å². The van der Waals surface area contributed by atoms with Gasteiger partial charge in [0.2, 0.25) is 24.2 Å². The SMILES string of the molecule is CN1C[C@H](c2ccc(C(F)(F)F)cc2)[C@@H](C(=O)Nc2c[n+](O)ccc2C(F)(F)F)C1=O. The molecule has 166 valence electrons. The van der Waals surface area contributed by atoms with Crippen molar-refractivity contribution >= 4 is 17.5 Å². The standard InChI is InChI=1S/C19H15F6N3O3/c1-27-8-12(10-2-4-11(5-3-10)18(20,21)22)15(17(27)30)16(29)26-14-9-28(31)7-6-13(14)19(23,24)25/h2-7,9,12,15H,8H2,1H3,(H-,26,29,31)/p+1/t12-,15+/m1/s1. The Bertz CT molecular complexity index is 1000. The van der Waals surface area contributed by atoms with E-state index in [0.717, 1.165) is 30.5 Å². The van der Waals surface area contributed by atoms with Crippen LogP contribution >= 0.6 is 0 Å². The zero-order valence-corrected chi connectivity index (χ0v) is 15.8. The third-order valence-electron chi connectivity index (χ3n) is 4.97. The minimum atomic E-state index is -4.85. The molecule has 1 aliphatic rings. The maximum atomic E-state index is 13.2. The summed E-state index contributed by atoms with van der Waals surface area (Å²) in [6.45, 7) is -0.0107. The molecule has 0 saturated carbocycles. The Kier molecular flexibility index (Phi) is 5.59. The average Bonchev–Trinajstić information content (AvgIpc) is 2.95. The second kappa shape index (κ2) is 7.75. The van der Waals surface area contributed by atoms with Crippen molar-refractivity contribution in [3.63, 3.8) is 0 Å². The number of likely N-dealkylation sites (tertiary alicyclic amines) is 1. The van der Waals surface area contributed by atoms with E-state index in [4.69, 9.17) is 0 Å². The van der Waals surface area contributed by atoms with Gasteiger partial charge in [-0.05, 0) is 17.7 Å². The molecule has 0 radical (unpaired) electrons. The quantitative estimate of drug-likeness (QED) is 0.328. The third kappa shape index (κ3) is 4.57. The molecule has 1 aromatic heterocycles. The summed E-state index contributed by atoms with van der Waals surface area (Å²) in [7, 11) is 1.37. The van der Waals surface area contributed by atoms with Crippen LogP contribution in [-0.2, 0) is 21.9 Å². The van der Waals surface area contributed by atoms with Crippen LogP contribution in [0.25, 0.3) is 0 Å². The molecule has 12 heteroatoms. The first-order valence-corrected chi connectivity index (χ1v) is 8.84. The van der Waals surface area contributed by atoms with Gasteiger partial charge in [-0.2, -0.15) is 26.3 Å². The van der Waals surface area contributed by atoms with Crippen molar-refractivity contribution in [2.75, 3.05) is 18.9 Å². The number of amides is 2. The summed E-state index contributed by atoms with van der Waals surface area (Å²) >= 11 is 0. The molecular weight excluding hydrogens is 432 g/mol. The Labute approximate surface area is 171 Å². The van der Waals surface area contributed by atoms with Crippen LogP contribution in [-0.4, -0.2) is 35.5 Å². The lowest BCUT2D eigenvalue weighted by molar-refractivity contribution is -0.904. The van der Waals surface area contributed by atoms with Crippen molar-refractivity contribution in [2.45, 2.75) is 18.3 Å². The van der Waals surface area contributed by atoms with Gasteiger partial charge < -0.3 is 10.2 Å². The molecular formula is C19H16F6N3O3+. The maximum absolute atomic E-state index is 13.2. The zero-order chi connectivity index (χ0) is 23.1. The smallest absolute Gasteiger partial charge is 0.344 e. The van der Waals surface area contributed by atoms with Crippen molar-refractivity contribution in [2.24, 2.45) is 5.92 Å². The maximum Gasteiger partial charge on any atom is 0.418 e.